The number of fused-ring (bicyclic) bond motifs is 1. The molecular weight excluding hydrogens is 304 g/mol. The Hall–Kier alpha value is -2.59. The number of phenolic OH excluding ortho intramolecular Hbond substituents is 1. The van der Waals surface area contributed by atoms with Crippen molar-refractivity contribution in [2.45, 2.75) is 32.0 Å². The quantitative estimate of drug-likeness (QED) is 0.671. The first kappa shape index (κ1) is 16.3. The first-order valence-electron chi connectivity index (χ1n) is 7.87. The zero-order chi connectivity index (χ0) is 17.3. The number of ketones is 1. The van der Waals surface area contributed by atoms with Crippen LogP contribution in [0.1, 0.15) is 35.3 Å². The fourth-order valence-corrected chi connectivity index (χ4v) is 2.70. The van der Waals surface area contributed by atoms with Gasteiger partial charge in [-0.15, -0.1) is 0 Å². The molecular formula is C20H20O4. The molecule has 4 heteroatoms. The Balaban J connectivity index is 1.88. The summed E-state index contributed by atoms with van der Waals surface area (Å²) in [6, 6.07) is 12.5. The summed E-state index contributed by atoms with van der Waals surface area (Å²) in [4.78, 5) is 12.4. The van der Waals surface area contributed by atoms with Gasteiger partial charge in [0.25, 0.3) is 0 Å². The van der Waals surface area contributed by atoms with Gasteiger partial charge in [-0.25, -0.2) is 0 Å². The van der Waals surface area contributed by atoms with Crippen molar-refractivity contribution in [2.75, 3.05) is 0 Å². The molecule has 0 fully saturated rings. The minimum Gasteiger partial charge on any atom is -0.507 e. The number of carbonyl (C=O) groups excluding carboxylic acids is 1. The van der Waals surface area contributed by atoms with Crippen LogP contribution in [0, 0.1) is 0 Å². The van der Waals surface area contributed by atoms with Gasteiger partial charge in [0.2, 0.25) is 0 Å². The summed E-state index contributed by atoms with van der Waals surface area (Å²) in [5.74, 6) is 0.0912. The maximum absolute atomic E-state index is 12.4. The molecule has 24 heavy (non-hydrogen) atoms. The summed E-state index contributed by atoms with van der Waals surface area (Å²) in [5.41, 5.74) is 1.11. The molecule has 4 nitrogen and oxygen atoms in total. The van der Waals surface area contributed by atoms with Gasteiger partial charge in [0.15, 0.2) is 5.78 Å². The molecule has 0 amide bonds. The van der Waals surface area contributed by atoms with E-state index in [4.69, 9.17) is 4.74 Å². The lowest BCUT2D eigenvalue weighted by Gasteiger charge is -2.37. The number of benzene rings is 2. The van der Waals surface area contributed by atoms with E-state index in [1.807, 2.05) is 30.3 Å². The van der Waals surface area contributed by atoms with E-state index in [0.29, 0.717) is 12.2 Å². The fraction of sp³-hybridized carbons (Fsp3) is 0.250. The molecule has 0 radical (unpaired) electrons. The molecule has 0 aliphatic carbocycles. The van der Waals surface area contributed by atoms with E-state index in [2.05, 4.69) is 0 Å². The monoisotopic (exact) mass is 324 g/mol. The normalized spacial score (nSPS) is 18.9. The Morgan fingerprint density at radius 2 is 1.96 bits per heavy atom. The average Bonchev–Trinajstić information content (AvgIpc) is 2.54. The minimum atomic E-state index is -0.724. The van der Waals surface area contributed by atoms with Gasteiger partial charge in [-0.1, -0.05) is 36.4 Å². The third kappa shape index (κ3) is 3.19. The standard InChI is InChI=1S/C20H20O4/c1-20(2)19(23)11-14-10-15(17(22)12-18(14)24-20)16(21)9-8-13-6-4-3-5-7-13/h3-10,12,19,22-23H,11H2,1-2H3/b9-8+. The van der Waals surface area contributed by atoms with Crippen LogP contribution in [-0.2, 0) is 6.42 Å². The highest BCUT2D eigenvalue weighted by Crippen LogP contribution is 2.37. The van der Waals surface area contributed by atoms with Crippen molar-refractivity contribution < 1.29 is 19.7 Å². The third-order valence-electron chi connectivity index (χ3n) is 4.26. The molecule has 1 aliphatic rings. The van der Waals surface area contributed by atoms with E-state index >= 15 is 0 Å². The lowest BCUT2D eigenvalue weighted by Crippen LogP contribution is -2.46. The second-order valence-electron chi connectivity index (χ2n) is 6.51. The van der Waals surface area contributed by atoms with Crippen LogP contribution >= 0.6 is 0 Å². The number of rotatable bonds is 3. The van der Waals surface area contributed by atoms with Gasteiger partial charge < -0.3 is 14.9 Å². The topological polar surface area (TPSA) is 66.8 Å². The number of phenols is 1. The van der Waals surface area contributed by atoms with Crippen LogP contribution < -0.4 is 4.74 Å². The Labute approximate surface area is 141 Å². The molecule has 124 valence electrons. The highest BCUT2D eigenvalue weighted by Gasteiger charge is 2.36. The van der Waals surface area contributed by atoms with Crippen molar-refractivity contribution in [1.29, 1.82) is 0 Å². The van der Waals surface area contributed by atoms with Crippen molar-refractivity contribution in [3.8, 4) is 11.5 Å². The predicted octanol–water partition coefficient (Wildman–Crippen LogP) is 3.36. The van der Waals surface area contributed by atoms with Crippen LogP contribution in [-0.4, -0.2) is 27.7 Å². The summed E-state index contributed by atoms with van der Waals surface area (Å²) in [6.07, 6.45) is 2.85. The van der Waals surface area contributed by atoms with Crippen LogP contribution in [0.15, 0.2) is 48.5 Å². The van der Waals surface area contributed by atoms with Crippen LogP contribution in [0.25, 0.3) is 6.08 Å². The number of aromatic hydroxyl groups is 1. The van der Waals surface area contributed by atoms with Crippen molar-refractivity contribution >= 4 is 11.9 Å². The summed E-state index contributed by atoms with van der Waals surface area (Å²) < 4.78 is 5.74. The zero-order valence-corrected chi connectivity index (χ0v) is 13.7. The molecule has 3 rings (SSSR count). The largest absolute Gasteiger partial charge is 0.507 e. The van der Waals surface area contributed by atoms with Crippen molar-refractivity contribution in [3.63, 3.8) is 0 Å². The number of aliphatic hydroxyl groups is 1. The van der Waals surface area contributed by atoms with Crippen molar-refractivity contribution in [3.05, 3.63) is 65.2 Å². The zero-order valence-electron chi connectivity index (χ0n) is 13.7. The smallest absolute Gasteiger partial charge is 0.189 e. The molecule has 0 aromatic heterocycles. The van der Waals surface area contributed by atoms with Gasteiger partial charge >= 0.3 is 0 Å². The van der Waals surface area contributed by atoms with Gasteiger partial charge in [-0.3, -0.25) is 4.79 Å². The number of carbonyl (C=O) groups is 1. The summed E-state index contributed by atoms with van der Waals surface area (Å²) in [5, 5.41) is 20.3. The molecule has 1 aliphatic heterocycles. The number of allylic oxidation sites excluding steroid dienone is 1. The van der Waals surface area contributed by atoms with Gasteiger partial charge in [0.05, 0.1) is 11.7 Å². The minimum absolute atomic E-state index is 0.122. The van der Waals surface area contributed by atoms with Gasteiger partial charge in [0, 0.05) is 12.5 Å². The molecule has 0 saturated carbocycles. The molecule has 2 aromatic rings. The molecule has 0 bridgehead atoms. The van der Waals surface area contributed by atoms with E-state index in [9.17, 15) is 15.0 Å². The molecule has 1 unspecified atom stereocenters. The Kier molecular flexibility index (Phi) is 4.16. The summed E-state index contributed by atoms with van der Waals surface area (Å²) in [7, 11) is 0. The van der Waals surface area contributed by atoms with E-state index in [1.165, 1.54) is 12.1 Å². The van der Waals surface area contributed by atoms with Crippen molar-refractivity contribution in [2.24, 2.45) is 0 Å². The fourth-order valence-electron chi connectivity index (χ4n) is 2.70. The molecule has 2 N–H and O–H groups in total. The second kappa shape index (κ2) is 6.13. The van der Waals surface area contributed by atoms with Gasteiger partial charge in [-0.05, 0) is 37.1 Å². The van der Waals surface area contributed by atoms with Gasteiger partial charge in [0.1, 0.15) is 17.1 Å². The lowest BCUT2D eigenvalue weighted by atomic mass is 9.89. The van der Waals surface area contributed by atoms with Crippen molar-refractivity contribution in [1.82, 2.24) is 0 Å². The second-order valence-corrected chi connectivity index (χ2v) is 6.51. The SMILES string of the molecule is CC1(C)Oc2cc(O)c(C(=O)/C=C/c3ccccc3)cc2CC1O. The average molecular weight is 324 g/mol. The van der Waals surface area contributed by atoms with Crippen LogP contribution in [0.3, 0.4) is 0 Å². The third-order valence-corrected chi connectivity index (χ3v) is 4.26. The molecule has 2 aromatic carbocycles. The van der Waals surface area contributed by atoms with Crippen LogP contribution in [0.4, 0.5) is 0 Å². The Morgan fingerprint density at radius 1 is 1.25 bits per heavy atom. The highest BCUT2D eigenvalue weighted by molar-refractivity contribution is 6.08. The first-order valence-corrected chi connectivity index (χ1v) is 7.87. The summed E-state index contributed by atoms with van der Waals surface area (Å²) >= 11 is 0. The van der Waals surface area contributed by atoms with Crippen LogP contribution in [0.2, 0.25) is 0 Å². The molecule has 1 atom stereocenters. The first-order chi connectivity index (χ1) is 11.4. The van der Waals surface area contributed by atoms with E-state index < -0.39 is 11.7 Å². The maximum Gasteiger partial charge on any atom is 0.189 e. The Bertz CT molecular complexity index is 791. The number of ether oxygens (including phenoxy) is 1. The molecule has 1 heterocycles. The van der Waals surface area contributed by atoms with Gasteiger partial charge in [-0.2, -0.15) is 0 Å². The highest BCUT2D eigenvalue weighted by atomic mass is 16.5. The number of aliphatic hydroxyl groups excluding tert-OH is 1. The Morgan fingerprint density at radius 3 is 2.67 bits per heavy atom. The van der Waals surface area contributed by atoms with E-state index in [0.717, 1.165) is 11.1 Å². The molecule has 0 spiro atoms. The predicted molar refractivity (Wildman–Crippen MR) is 92.3 cm³/mol. The van der Waals surface area contributed by atoms with Crippen LogP contribution in [0.5, 0.6) is 11.5 Å². The maximum atomic E-state index is 12.4. The van der Waals surface area contributed by atoms with E-state index in [-0.39, 0.29) is 17.1 Å². The van der Waals surface area contributed by atoms with E-state index in [1.54, 1.807) is 26.0 Å². The lowest BCUT2D eigenvalue weighted by molar-refractivity contribution is -0.0412. The summed E-state index contributed by atoms with van der Waals surface area (Å²) in [6.45, 7) is 3.58. The number of hydrogen-bond acceptors (Lipinski definition) is 4. The number of hydrogen-bond donors (Lipinski definition) is 2. The molecule has 0 saturated heterocycles.